The molecule has 0 radical (unpaired) electrons. The quantitative estimate of drug-likeness (QED) is 0.268. The van der Waals surface area contributed by atoms with E-state index in [1.807, 2.05) is 18.2 Å². The Balaban J connectivity index is 1.51. The average molecular weight is 438 g/mol. The van der Waals surface area contributed by atoms with Gasteiger partial charge >= 0.3 is 0 Å². The first kappa shape index (κ1) is 19.9. The fraction of sp³-hybridized carbons (Fsp3) is 0.136. The highest BCUT2D eigenvalue weighted by Gasteiger charge is 2.20. The molecule has 28 heavy (non-hydrogen) atoms. The number of imide groups is 1. The third kappa shape index (κ3) is 5.12. The third-order valence-corrected chi connectivity index (χ3v) is 4.78. The second-order valence-electron chi connectivity index (χ2n) is 6.33. The van der Waals surface area contributed by atoms with E-state index < -0.39 is 11.8 Å². The minimum atomic E-state index is -0.612. The number of aromatic nitrogens is 1. The summed E-state index contributed by atoms with van der Waals surface area (Å²) in [5.41, 5.74) is 3.58. The number of carbonyl (C=O) groups excluding carboxylic acids is 2. The van der Waals surface area contributed by atoms with Crippen LogP contribution in [0.5, 0.6) is 0 Å². The summed E-state index contributed by atoms with van der Waals surface area (Å²) in [5, 5.41) is 0.646. The first-order chi connectivity index (χ1) is 13.5. The molecule has 0 aliphatic rings. The van der Waals surface area contributed by atoms with Crippen LogP contribution in [0.1, 0.15) is 28.9 Å². The molecule has 0 spiro atoms. The van der Waals surface area contributed by atoms with E-state index in [1.165, 1.54) is 11.6 Å². The Bertz CT molecular complexity index is 959. The maximum Gasteiger partial charge on any atom is 0.293 e. The van der Waals surface area contributed by atoms with E-state index in [4.69, 9.17) is 5.84 Å². The zero-order chi connectivity index (χ0) is 19.9. The molecule has 1 heterocycles. The molecule has 0 saturated carbocycles. The molecule has 0 bridgehead atoms. The van der Waals surface area contributed by atoms with Crippen molar-refractivity contribution >= 4 is 27.7 Å². The van der Waals surface area contributed by atoms with Gasteiger partial charge in [-0.15, -0.1) is 0 Å². The van der Waals surface area contributed by atoms with Gasteiger partial charge in [-0.05, 0) is 57.6 Å². The minimum Gasteiger partial charge on any atom is -0.273 e. The smallest absolute Gasteiger partial charge is 0.273 e. The van der Waals surface area contributed by atoms with Crippen molar-refractivity contribution < 1.29 is 9.59 Å². The van der Waals surface area contributed by atoms with E-state index in [0.29, 0.717) is 16.0 Å². The Morgan fingerprint density at radius 1 is 0.893 bits per heavy atom. The maximum absolute atomic E-state index is 12.2. The van der Waals surface area contributed by atoms with E-state index in [-0.39, 0.29) is 12.1 Å². The molecule has 0 aliphatic carbocycles. The number of benzene rings is 2. The predicted molar refractivity (Wildman–Crippen MR) is 112 cm³/mol. The predicted octanol–water partition coefficient (Wildman–Crippen LogP) is 4.38. The van der Waals surface area contributed by atoms with Gasteiger partial charge in [0.15, 0.2) is 0 Å². The van der Waals surface area contributed by atoms with E-state index in [0.717, 1.165) is 17.5 Å². The number of hydrazine groups is 1. The summed E-state index contributed by atoms with van der Waals surface area (Å²) in [5.74, 6) is 4.65. The second kappa shape index (κ2) is 9.39. The minimum absolute atomic E-state index is 0.127. The normalized spacial score (nSPS) is 10.5. The van der Waals surface area contributed by atoms with Crippen molar-refractivity contribution in [3.8, 4) is 11.1 Å². The van der Waals surface area contributed by atoms with Crippen LogP contribution in [0.3, 0.4) is 0 Å². The van der Waals surface area contributed by atoms with Gasteiger partial charge in [0, 0.05) is 6.42 Å². The van der Waals surface area contributed by atoms with Crippen molar-refractivity contribution in [1.82, 2.24) is 9.99 Å². The lowest BCUT2D eigenvalue weighted by Crippen LogP contribution is -2.42. The molecular formula is C22H20BrN3O2. The van der Waals surface area contributed by atoms with Crippen LogP contribution in [0.25, 0.3) is 11.1 Å². The van der Waals surface area contributed by atoms with E-state index in [1.54, 1.807) is 12.1 Å². The summed E-state index contributed by atoms with van der Waals surface area (Å²) in [6.45, 7) is 0. The van der Waals surface area contributed by atoms with Crippen molar-refractivity contribution in [1.29, 1.82) is 0 Å². The molecule has 3 aromatic rings. The summed E-state index contributed by atoms with van der Waals surface area (Å²) in [4.78, 5) is 28.5. The van der Waals surface area contributed by atoms with Gasteiger partial charge in [0.05, 0.1) is 0 Å². The SMILES string of the molecule is NN(C(=O)CCCc1ccc(-c2ccccc2)cc1)C(=O)c1cccc(Br)n1. The molecule has 3 rings (SSSR count). The highest BCUT2D eigenvalue weighted by atomic mass is 79.9. The Labute approximate surface area is 172 Å². The average Bonchev–Trinajstić information content (AvgIpc) is 2.73. The van der Waals surface area contributed by atoms with Gasteiger partial charge in [-0.3, -0.25) is 9.59 Å². The monoisotopic (exact) mass is 437 g/mol. The molecule has 142 valence electrons. The van der Waals surface area contributed by atoms with Crippen LogP contribution < -0.4 is 5.84 Å². The summed E-state index contributed by atoms with van der Waals surface area (Å²) in [7, 11) is 0. The van der Waals surface area contributed by atoms with Gasteiger partial charge in [0.25, 0.3) is 5.91 Å². The summed E-state index contributed by atoms with van der Waals surface area (Å²) < 4.78 is 0.512. The molecular weight excluding hydrogens is 418 g/mol. The van der Waals surface area contributed by atoms with E-state index in [9.17, 15) is 9.59 Å². The van der Waals surface area contributed by atoms with Crippen molar-refractivity contribution in [2.45, 2.75) is 19.3 Å². The number of hydrogen-bond acceptors (Lipinski definition) is 4. The molecule has 2 N–H and O–H groups in total. The lowest BCUT2D eigenvalue weighted by atomic mass is 10.0. The van der Waals surface area contributed by atoms with Gasteiger partial charge in [-0.2, -0.15) is 0 Å². The lowest BCUT2D eigenvalue weighted by molar-refractivity contribution is -0.128. The molecule has 2 aromatic carbocycles. The van der Waals surface area contributed by atoms with E-state index in [2.05, 4.69) is 57.3 Å². The molecule has 2 amide bonds. The first-order valence-corrected chi connectivity index (χ1v) is 9.73. The Morgan fingerprint density at radius 2 is 1.57 bits per heavy atom. The van der Waals surface area contributed by atoms with Crippen LogP contribution in [0.4, 0.5) is 0 Å². The number of amides is 2. The number of pyridine rings is 1. The molecule has 0 atom stereocenters. The summed E-state index contributed by atoms with van der Waals surface area (Å²) in [6.07, 6.45) is 1.53. The molecule has 5 nitrogen and oxygen atoms in total. The van der Waals surface area contributed by atoms with Crippen molar-refractivity contribution in [2.75, 3.05) is 0 Å². The summed E-state index contributed by atoms with van der Waals surface area (Å²) in [6, 6.07) is 23.3. The Morgan fingerprint density at radius 3 is 2.25 bits per heavy atom. The van der Waals surface area contributed by atoms with Crippen LogP contribution >= 0.6 is 15.9 Å². The number of carbonyl (C=O) groups is 2. The maximum atomic E-state index is 12.2. The second-order valence-corrected chi connectivity index (χ2v) is 7.14. The Hall–Kier alpha value is -2.83. The van der Waals surface area contributed by atoms with Gasteiger partial charge in [-0.25, -0.2) is 15.8 Å². The van der Waals surface area contributed by atoms with Gasteiger partial charge in [0.2, 0.25) is 5.91 Å². The molecule has 6 heteroatoms. The molecule has 0 unspecified atom stereocenters. The number of aryl methyl sites for hydroxylation is 1. The number of nitrogens with zero attached hydrogens (tertiary/aromatic N) is 2. The standard InChI is InChI=1S/C22H20BrN3O2/c23-20-10-5-9-19(25-20)22(28)26(24)21(27)11-4-6-16-12-14-18(15-13-16)17-7-2-1-3-8-17/h1-3,5,7-10,12-15H,4,6,11,24H2. The first-order valence-electron chi connectivity index (χ1n) is 8.93. The van der Waals surface area contributed by atoms with Crippen molar-refractivity contribution in [2.24, 2.45) is 5.84 Å². The molecule has 0 aliphatic heterocycles. The fourth-order valence-corrected chi connectivity index (χ4v) is 3.17. The van der Waals surface area contributed by atoms with E-state index >= 15 is 0 Å². The fourth-order valence-electron chi connectivity index (χ4n) is 2.82. The molecule has 0 fully saturated rings. The highest BCUT2D eigenvalue weighted by Crippen LogP contribution is 2.20. The Kier molecular flexibility index (Phi) is 6.68. The van der Waals surface area contributed by atoms with Crippen molar-refractivity contribution in [3.05, 3.63) is 88.7 Å². The number of halogens is 1. The lowest BCUT2D eigenvalue weighted by Gasteiger charge is -2.14. The van der Waals surface area contributed by atoms with Crippen LogP contribution in [0.15, 0.2) is 77.4 Å². The summed E-state index contributed by atoms with van der Waals surface area (Å²) >= 11 is 3.20. The number of nitrogens with two attached hydrogens (primary N) is 1. The third-order valence-electron chi connectivity index (χ3n) is 4.34. The van der Waals surface area contributed by atoms with Gasteiger partial charge in [-0.1, -0.05) is 60.7 Å². The topological polar surface area (TPSA) is 76.3 Å². The molecule has 0 saturated heterocycles. The largest absolute Gasteiger partial charge is 0.293 e. The van der Waals surface area contributed by atoms with Gasteiger partial charge < -0.3 is 0 Å². The van der Waals surface area contributed by atoms with Crippen LogP contribution in [0.2, 0.25) is 0 Å². The number of hydrogen-bond donors (Lipinski definition) is 1. The zero-order valence-electron chi connectivity index (χ0n) is 15.2. The van der Waals surface area contributed by atoms with Gasteiger partial charge in [0.1, 0.15) is 10.3 Å². The number of rotatable bonds is 6. The van der Waals surface area contributed by atoms with Crippen LogP contribution in [-0.2, 0) is 11.2 Å². The van der Waals surface area contributed by atoms with Crippen molar-refractivity contribution in [3.63, 3.8) is 0 Å². The van der Waals surface area contributed by atoms with Crippen LogP contribution in [0, 0.1) is 0 Å². The van der Waals surface area contributed by atoms with Crippen LogP contribution in [-0.4, -0.2) is 21.8 Å². The zero-order valence-corrected chi connectivity index (χ0v) is 16.8. The highest BCUT2D eigenvalue weighted by molar-refractivity contribution is 9.10. The molecule has 1 aromatic heterocycles.